The second-order valence-corrected chi connectivity index (χ2v) is 4.92. The molecule has 96 valence electrons. The number of ether oxygens (including phenoxy) is 1. The number of rotatable bonds is 7. The van der Waals surface area contributed by atoms with Crippen molar-refractivity contribution >= 4 is 0 Å². The van der Waals surface area contributed by atoms with Crippen molar-refractivity contribution in [3.63, 3.8) is 0 Å². The summed E-state index contributed by atoms with van der Waals surface area (Å²) in [6.45, 7) is 4.57. The molecule has 17 heavy (non-hydrogen) atoms. The molecule has 2 heteroatoms. The van der Waals surface area contributed by atoms with Gasteiger partial charge < -0.3 is 10.1 Å². The summed E-state index contributed by atoms with van der Waals surface area (Å²) in [5.74, 6) is 1.70. The molecule has 0 spiro atoms. The number of benzene rings is 1. The summed E-state index contributed by atoms with van der Waals surface area (Å²) >= 11 is 0. The van der Waals surface area contributed by atoms with Crippen molar-refractivity contribution in [2.24, 2.45) is 5.92 Å². The van der Waals surface area contributed by atoms with Gasteiger partial charge in [-0.25, -0.2) is 0 Å². The molecule has 0 saturated heterocycles. The summed E-state index contributed by atoms with van der Waals surface area (Å²) in [5.41, 5.74) is 1.40. The Balaban J connectivity index is 2.34. The average Bonchev–Trinajstić information content (AvgIpc) is 2.36. The highest BCUT2D eigenvalue weighted by Crippen LogP contribution is 2.17. The maximum atomic E-state index is 5.15. The lowest BCUT2D eigenvalue weighted by Crippen LogP contribution is -2.23. The Labute approximate surface area is 105 Å². The van der Waals surface area contributed by atoms with Gasteiger partial charge >= 0.3 is 0 Å². The minimum Gasteiger partial charge on any atom is -0.497 e. The second-order valence-electron chi connectivity index (χ2n) is 4.92. The first kappa shape index (κ1) is 14.0. The fourth-order valence-electron chi connectivity index (χ4n) is 2.04. The SMILES string of the molecule is CNC(C)CC(C)CCc1ccc(OC)cc1. The maximum Gasteiger partial charge on any atom is 0.118 e. The van der Waals surface area contributed by atoms with E-state index in [1.807, 2.05) is 19.2 Å². The summed E-state index contributed by atoms with van der Waals surface area (Å²) < 4.78 is 5.15. The third kappa shape index (κ3) is 5.22. The zero-order valence-electron chi connectivity index (χ0n) is 11.5. The molecule has 0 aliphatic carbocycles. The highest BCUT2D eigenvalue weighted by molar-refractivity contribution is 5.27. The molecule has 2 nitrogen and oxygen atoms in total. The summed E-state index contributed by atoms with van der Waals surface area (Å²) in [6, 6.07) is 9.01. The highest BCUT2D eigenvalue weighted by atomic mass is 16.5. The average molecular weight is 235 g/mol. The van der Waals surface area contributed by atoms with E-state index >= 15 is 0 Å². The quantitative estimate of drug-likeness (QED) is 0.783. The fraction of sp³-hybridized carbons (Fsp3) is 0.600. The summed E-state index contributed by atoms with van der Waals surface area (Å²) in [4.78, 5) is 0. The van der Waals surface area contributed by atoms with E-state index in [2.05, 4.69) is 31.3 Å². The van der Waals surface area contributed by atoms with Crippen LogP contribution in [0.4, 0.5) is 0 Å². The number of methoxy groups -OCH3 is 1. The molecule has 0 heterocycles. The molecule has 0 radical (unpaired) electrons. The van der Waals surface area contributed by atoms with Crippen molar-refractivity contribution in [3.8, 4) is 5.75 Å². The van der Waals surface area contributed by atoms with Crippen molar-refractivity contribution < 1.29 is 4.74 Å². The standard InChI is InChI=1S/C15H25NO/c1-12(11-13(2)16-3)5-6-14-7-9-15(17-4)10-8-14/h7-10,12-13,16H,5-6,11H2,1-4H3. The smallest absolute Gasteiger partial charge is 0.118 e. The topological polar surface area (TPSA) is 21.3 Å². The minimum atomic E-state index is 0.612. The van der Waals surface area contributed by atoms with Crippen LogP contribution in [0.3, 0.4) is 0 Å². The zero-order valence-corrected chi connectivity index (χ0v) is 11.5. The van der Waals surface area contributed by atoms with Crippen molar-refractivity contribution in [2.75, 3.05) is 14.2 Å². The van der Waals surface area contributed by atoms with E-state index in [1.54, 1.807) is 7.11 Å². The Hall–Kier alpha value is -1.02. The molecule has 2 unspecified atom stereocenters. The first-order valence-electron chi connectivity index (χ1n) is 6.46. The van der Waals surface area contributed by atoms with Gasteiger partial charge in [0.1, 0.15) is 5.75 Å². The van der Waals surface area contributed by atoms with E-state index in [-0.39, 0.29) is 0 Å². The van der Waals surface area contributed by atoms with Gasteiger partial charge in [0.05, 0.1) is 7.11 Å². The van der Waals surface area contributed by atoms with E-state index in [0.29, 0.717) is 6.04 Å². The van der Waals surface area contributed by atoms with Gasteiger partial charge in [-0.15, -0.1) is 0 Å². The molecule has 0 amide bonds. The van der Waals surface area contributed by atoms with Gasteiger partial charge in [-0.3, -0.25) is 0 Å². The number of hydrogen-bond acceptors (Lipinski definition) is 2. The fourth-order valence-corrected chi connectivity index (χ4v) is 2.04. The predicted molar refractivity (Wildman–Crippen MR) is 73.6 cm³/mol. The Kier molecular flexibility index (Phi) is 6.06. The molecule has 1 aromatic rings. The summed E-state index contributed by atoms with van der Waals surface area (Å²) in [5, 5.41) is 3.29. The largest absolute Gasteiger partial charge is 0.497 e. The van der Waals surface area contributed by atoms with Crippen LogP contribution in [0.15, 0.2) is 24.3 Å². The van der Waals surface area contributed by atoms with E-state index in [0.717, 1.165) is 18.1 Å². The van der Waals surface area contributed by atoms with Crippen LogP contribution in [-0.4, -0.2) is 20.2 Å². The first-order valence-corrected chi connectivity index (χ1v) is 6.46. The molecule has 2 atom stereocenters. The highest BCUT2D eigenvalue weighted by Gasteiger charge is 2.07. The summed E-state index contributed by atoms with van der Waals surface area (Å²) in [7, 11) is 3.73. The van der Waals surface area contributed by atoms with Gasteiger partial charge in [0.25, 0.3) is 0 Å². The van der Waals surface area contributed by atoms with Crippen LogP contribution < -0.4 is 10.1 Å². The molecule has 0 bridgehead atoms. The van der Waals surface area contributed by atoms with E-state index in [9.17, 15) is 0 Å². The van der Waals surface area contributed by atoms with Crippen LogP contribution in [0.1, 0.15) is 32.3 Å². The molecule has 0 fully saturated rings. The molecule has 0 aromatic heterocycles. The second kappa shape index (κ2) is 7.33. The van der Waals surface area contributed by atoms with Gasteiger partial charge in [0, 0.05) is 6.04 Å². The van der Waals surface area contributed by atoms with Crippen molar-refractivity contribution in [1.82, 2.24) is 5.32 Å². The molecular formula is C15H25NO. The monoisotopic (exact) mass is 235 g/mol. The van der Waals surface area contributed by atoms with E-state index in [1.165, 1.54) is 18.4 Å². The maximum absolute atomic E-state index is 5.15. The van der Waals surface area contributed by atoms with Crippen LogP contribution in [0, 0.1) is 5.92 Å². The number of nitrogens with one attached hydrogen (secondary N) is 1. The minimum absolute atomic E-state index is 0.612. The van der Waals surface area contributed by atoms with Gasteiger partial charge in [-0.1, -0.05) is 19.1 Å². The molecule has 1 N–H and O–H groups in total. The number of hydrogen-bond donors (Lipinski definition) is 1. The molecule has 1 aromatic carbocycles. The number of aryl methyl sites for hydroxylation is 1. The van der Waals surface area contributed by atoms with Crippen molar-refractivity contribution in [1.29, 1.82) is 0 Å². The predicted octanol–water partition coefficient (Wildman–Crippen LogP) is 3.26. The van der Waals surface area contributed by atoms with Gasteiger partial charge in [0.15, 0.2) is 0 Å². The normalized spacial score (nSPS) is 14.4. The third-order valence-corrected chi connectivity index (χ3v) is 3.33. The van der Waals surface area contributed by atoms with Crippen LogP contribution in [-0.2, 0) is 6.42 Å². The lowest BCUT2D eigenvalue weighted by molar-refractivity contribution is 0.413. The molecular weight excluding hydrogens is 210 g/mol. The lowest BCUT2D eigenvalue weighted by atomic mass is 9.95. The molecule has 0 aliphatic rings. The lowest BCUT2D eigenvalue weighted by Gasteiger charge is -2.16. The Bertz CT molecular complexity index is 307. The van der Waals surface area contributed by atoms with E-state index in [4.69, 9.17) is 4.74 Å². The van der Waals surface area contributed by atoms with Gasteiger partial charge in [0.2, 0.25) is 0 Å². The molecule has 0 saturated carbocycles. The van der Waals surface area contributed by atoms with Crippen LogP contribution >= 0.6 is 0 Å². The van der Waals surface area contributed by atoms with Gasteiger partial charge in [-0.05, 0) is 56.8 Å². The van der Waals surface area contributed by atoms with Gasteiger partial charge in [-0.2, -0.15) is 0 Å². The van der Waals surface area contributed by atoms with E-state index < -0.39 is 0 Å². The van der Waals surface area contributed by atoms with Crippen LogP contribution in [0.2, 0.25) is 0 Å². The summed E-state index contributed by atoms with van der Waals surface area (Å²) in [6.07, 6.45) is 3.65. The molecule has 1 rings (SSSR count). The zero-order chi connectivity index (χ0) is 12.7. The van der Waals surface area contributed by atoms with Crippen molar-refractivity contribution in [3.05, 3.63) is 29.8 Å². The Morgan fingerprint density at radius 2 is 1.82 bits per heavy atom. The van der Waals surface area contributed by atoms with Crippen molar-refractivity contribution in [2.45, 2.75) is 39.2 Å². The molecule has 0 aliphatic heterocycles. The Morgan fingerprint density at radius 1 is 1.18 bits per heavy atom. The van der Waals surface area contributed by atoms with Crippen LogP contribution in [0.25, 0.3) is 0 Å². The Morgan fingerprint density at radius 3 is 2.35 bits per heavy atom. The third-order valence-electron chi connectivity index (χ3n) is 3.33. The first-order chi connectivity index (χ1) is 8.15. The van der Waals surface area contributed by atoms with Crippen LogP contribution in [0.5, 0.6) is 5.75 Å².